The van der Waals surface area contributed by atoms with Crippen LogP contribution in [0.5, 0.6) is 0 Å². The average Bonchev–Trinajstić information content (AvgIpc) is 3.35. The van der Waals surface area contributed by atoms with Gasteiger partial charge in [0, 0.05) is 32.3 Å². The van der Waals surface area contributed by atoms with Gasteiger partial charge >= 0.3 is 0 Å². The zero-order valence-corrected chi connectivity index (χ0v) is 14.8. The predicted octanol–water partition coefficient (Wildman–Crippen LogP) is 0.922. The average molecular weight is 325 g/mol. The third-order valence-electron chi connectivity index (χ3n) is 5.69. The van der Waals surface area contributed by atoms with Crippen LogP contribution in [-0.4, -0.2) is 86.1 Å². The molecule has 2 heterocycles. The largest absolute Gasteiger partial charge is 0.389 e. The van der Waals surface area contributed by atoms with Crippen molar-refractivity contribution in [3.05, 3.63) is 0 Å². The van der Waals surface area contributed by atoms with Crippen molar-refractivity contribution >= 4 is 0 Å². The van der Waals surface area contributed by atoms with Crippen molar-refractivity contribution in [3.63, 3.8) is 0 Å². The predicted molar refractivity (Wildman–Crippen MR) is 92.7 cm³/mol. The highest BCUT2D eigenvalue weighted by atomic mass is 16.5. The van der Waals surface area contributed by atoms with Crippen molar-refractivity contribution in [2.75, 3.05) is 53.0 Å². The number of rotatable bonds is 8. The van der Waals surface area contributed by atoms with E-state index in [1.165, 1.54) is 58.2 Å². The molecule has 134 valence electrons. The first-order valence-corrected chi connectivity index (χ1v) is 9.60. The summed E-state index contributed by atoms with van der Waals surface area (Å²) in [5.74, 6) is 1.03. The fourth-order valence-corrected chi connectivity index (χ4v) is 4.11. The molecular weight excluding hydrogens is 290 g/mol. The lowest BCUT2D eigenvalue weighted by molar-refractivity contribution is 0.0303. The van der Waals surface area contributed by atoms with Gasteiger partial charge in [0.2, 0.25) is 0 Å². The molecule has 0 aromatic rings. The van der Waals surface area contributed by atoms with Crippen LogP contribution in [0.2, 0.25) is 0 Å². The monoisotopic (exact) mass is 325 g/mol. The molecule has 2 aliphatic heterocycles. The van der Waals surface area contributed by atoms with E-state index < -0.39 is 0 Å². The van der Waals surface area contributed by atoms with E-state index in [4.69, 9.17) is 4.74 Å². The molecule has 0 aromatic carbocycles. The Labute approximate surface area is 141 Å². The molecule has 0 spiro atoms. The second kappa shape index (κ2) is 8.77. The van der Waals surface area contributed by atoms with Crippen molar-refractivity contribution in [1.29, 1.82) is 0 Å². The number of piperidine rings is 2. The Morgan fingerprint density at radius 2 is 1.52 bits per heavy atom. The standard InChI is InChI=1S/C18H35N3O2/c1-23-14-18(22)13-21-10-6-17(7-11-21)19-16-4-8-20(9-5-16)12-15-2-3-15/h15-19,22H,2-14H2,1H3. The fourth-order valence-electron chi connectivity index (χ4n) is 4.11. The molecule has 3 rings (SSSR count). The van der Waals surface area contributed by atoms with E-state index in [0.717, 1.165) is 31.6 Å². The minimum atomic E-state index is -0.347. The Morgan fingerprint density at radius 3 is 2.04 bits per heavy atom. The van der Waals surface area contributed by atoms with E-state index in [-0.39, 0.29) is 6.10 Å². The summed E-state index contributed by atoms with van der Waals surface area (Å²) >= 11 is 0. The molecule has 0 aromatic heterocycles. The zero-order valence-electron chi connectivity index (χ0n) is 14.8. The third-order valence-corrected chi connectivity index (χ3v) is 5.69. The van der Waals surface area contributed by atoms with Crippen molar-refractivity contribution in [1.82, 2.24) is 15.1 Å². The number of methoxy groups -OCH3 is 1. The van der Waals surface area contributed by atoms with Gasteiger partial charge < -0.3 is 25.0 Å². The van der Waals surface area contributed by atoms with Crippen LogP contribution in [-0.2, 0) is 4.74 Å². The maximum Gasteiger partial charge on any atom is 0.0900 e. The van der Waals surface area contributed by atoms with Crippen LogP contribution < -0.4 is 5.32 Å². The first-order chi connectivity index (χ1) is 11.2. The van der Waals surface area contributed by atoms with Crippen LogP contribution >= 0.6 is 0 Å². The van der Waals surface area contributed by atoms with Gasteiger partial charge in [0.15, 0.2) is 0 Å². The van der Waals surface area contributed by atoms with Crippen LogP contribution in [0.25, 0.3) is 0 Å². The lowest BCUT2D eigenvalue weighted by Gasteiger charge is -2.38. The second-order valence-electron chi connectivity index (χ2n) is 7.87. The van der Waals surface area contributed by atoms with E-state index in [2.05, 4.69) is 15.1 Å². The summed E-state index contributed by atoms with van der Waals surface area (Å²) in [6, 6.07) is 1.40. The Hall–Kier alpha value is -0.200. The fraction of sp³-hybridized carbons (Fsp3) is 1.00. The van der Waals surface area contributed by atoms with Crippen molar-refractivity contribution in [2.45, 2.75) is 56.7 Å². The summed E-state index contributed by atoms with van der Waals surface area (Å²) in [7, 11) is 1.65. The van der Waals surface area contributed by atoms with Crippen molar-refractivity contribution < 1.29 is 9.84 Å². The lowest BCUT2D eigenvalue weighted by Crippen LogP contribution is -2.50. The van der Waals surface area contributed by atoms with E-state index in [1.807, 2.05) is 0 Å². The Kier molecular flexibility index (Phi) is 6.72. The zero-order chi connectivity index (χ0) is 16.1. The number of nitrogens with one attached hydrogen (secondary N) is 1. The number of aliphatic hydroxyl groups is 1. The molecule has 0 amide bonds. The van der Waals surface area contributed by atoms with Crippen LogP contribution in [0.4, 0.5) is 0 Å². The number of β-amino-alcohol motifs (C(OH)–C–C–N with tert-alkyl or cyclic N) is 1. The molecule has 1 atom stereocenters. The molecule has 2 N–H and O–H groups in total. The highest BCUT2D eigenvalue weighted by Crippen LogP contribution is 2.30. The SMILES string of the molecule is COCC(O)CN1CCC(NC2CCN(CC3CC3)CC2)CC1. The minimum absolute atomic E-state index is 0.347. The topological polar surface area (TPSA) is 48.0 Å². The molecule has 1 unspecified atom stereocenters. The summed E-state index contributed by atoms with van der Waals surface area (Å²) in [6.07, 6.45) is 7.65. The number of ether oxygens (including phenoxy) is 1. The van der Waals surface area contributed by atoms with Gasteiger partial charge in [-0.3, -0.25) is 0 Å². The molecule has 1 aliphatic carbocycles. The molecule has 23 heavy (non-hydrogen) atoms. The molecule has 3 aliphatic rings. The van der Waals surface area contributed by atoms with Crippen molar-refractivity contribution in [3.8, 4) is 0 Å². The lowest BCUT2D eigenvalue weighted by atomic mass is 9.99. The van der Waals surface area contributed by atoms with Gasteiger partial charge in [-0.2, -0.15) is 0 Å². The van der Waals surface area contributed by atoms with E-state index in [9.17, 15) is 5.11 Å². The van der Waals surface area contributed by atoms with Gasteiger partial charge in [-0.05, 0) is 70.6 Å². The maximum atomic E-state index is 9.83. The first kappa shape index (κ1) is 17.6. The summed E-state index contributed by atoms with van der Waals surface area (Å²) < 4.78 is 5.01. The molecule has 3 fully saturated rings. The van der Waals surface area contributed by atoms with E-state index in [1.54, 1.807) is 7.11 Å². The summed E-state index contributed by atoms with van der Waals surface area (Å²) in [4.78, 5) is 5.05. The normalized spacial score (nSPS) is 27.4. The maximum absolute atomic E-state index is 9.83. The summed E-state index contributed by atoms with van der Waals surface area (Å²) in [5.41, 5.74) is 0. The number of aliphatic hydroxyl groups excluding tert-OH is 1. The molecule has 0 bridgehead atoms. The number of hydrogen-bond acceptors (Lipinski definition) is 5. The first-order valence-electron chi connectivity index (χ1n) is 9.60. The minimum Gasteiger partial charge on any atom is -0.389 e. The van der Waals surface area contributed by atoms with Crippen LogP contribution in [0.1, 0.15) is 38.5 Å². The van der Waals surface area contributed by atoms with Gasteiger partial charge in [0.1, 0.15) is 0 Å². The molecule has 5 nitrogen and oxygen atoms in total. The highest BCUT2D eigenvalue weighted by Gasteiger charge is 2.28. The second-order valence-corrected chi connectivity index (χ2v) is 7.87. The Balaban J connectivity index is 1.28. The molecular formula is C18H35N3O2. The molecule has 5 heteroatoms. The smallest absolute Gasteiger partial charge is 0.0900 e. The van der Waals surface area contributed by atoms with Gasteiger partial charge in [0.25, 0.3) is 0 Å². The van der Waals surface area contributed by atoms with Crippen LogP contribution in [0.3, 0.4) is 0 Å². The van der Waals surface area contributed by atoms with Gasteiger partial charge in [0.05, 0.1) is 12.7 Å². The molecule has 1 saturated carbocycles. The molecule has 0 radical (unpaired) electrons. The van der Waals surface area contributed by atoms with Gasteiger partial charge in [-0.25, -0.2) is 0 Å². The highest BCUT2D eigenvalue weighted by molar-refractivity contribution is 4.86. The van der Waals surface area contributed by atoms with E-state index in [0.29, 0.717) is 12.6 Å². The quantitative estimate of drug-likeness (QED) is 0.695. The van der Waals surface area contributed by atoms with Crippen LogP contribution in [0, 0.1) is 5.92 Å². The van der Waals surface area contributed by atoms with Crippen LogP contribution in [0.15, 0.2) is 0 Å². The van der Waals surface area contributed by atoms with Crippen molar-refractivity contribution in [2.24, 2.45) is 5.92 Å². The van der Waals surface area contributed by atoms with E-state index >= 15 is 0 Å². The Morgan fingerprint density at radius 1 is 0.957 bits per heavy atom. The number of nitrogens with zero attached hydrogens (tertiary/aromatic N) is 2. The summed E-state index contributed by atoms with van der Waals surface area (Å²) in [5, 5.41) is 13.7. The van der Waals surface area contributed by atoms with Gasteiger partial charge in [-0.1, -0.05) is 0 Å². The Bertz CT molecular complexity index is 335. The number of likely N-dealkylation sites (tertiary alicyclic amines) is 2. The number of hydrogen-bond donors (Lipinski definition) is 2. The van der Waals surface area contributed by atoms with Gasteiger partial charge in [-0.15, -0.1) is 0 Å². The summed E-state index contributed by atoms with van der Waals surface area (Å²) in [6.45, 7) is 7.32. The molecule has 2 saturated heterocycles. The third kappa shape index (κ3) is 5.98.